The number of nitrogens with one attached hydrogen (secondary N) is 1. The van der Waals surface area contributed by atoms with Crippen LogP contribution in [0, 0.1) is 17.5 Å². The molecule has 0 spiro atoms. The summed E-state index contributed by atoms with van der Waals surface area (Å²) >= 11 is 0. The lowest BCUT2D eigenvalue weighted by Crippen LogP contribution is -2.45. The van der Waals surface area contributed by atoms with E-state index in [1.165, 1.54) is 23.4 Å². The van der Waals surface area contributed by atoms with Crippen LogP contribution in [-0.2, 0) is 16.9 Å². The van der Waals surface area contributed by atoms with Crippen LogP contribution in [0.4, 0.5) is 13.2 Å². The average Bonchev–Trinajstić information content (AvgIpc) is 3.35. The topological polar surface area (TPSA) is 80.0 Å². The quantitative estimate of drug-likeness (QED) is 0.397. The SMILES string of the molecule is C[C@H](C(=O)NC[C@@](O)(Cn1cncn1)c1ccc(F)cc1F)c1ccc(-c2ccccc2)c(F)c1. The Bertz CT molecular complexity index is 1320. The van der Waals surface area contributed by atoms with E-state index in [1.54, 1.807) is 31.2 Å². The molecule has 0 radical (unpaired) electrons. The third-order valence-electron chi connectivity index (χ3n) is 5.85. The first-order valence-electron chi connectivity index (χ1n) is 10.9. The molecule has 4 aromatic rings. The van der Waals surface area contributed by atoms with E-state index in [1.807, 2.05) is 18.2 Å². The molecular formula is C26H23F3N4O2. The zero-order chi connectivity index (χ0) is 25.0. The molecule has 1 heterocycles. The number of hydrogen-bond acceptors (Lipinski definition) is 4. The van der Waals surface area contributed by atoms with Crippen molar-refractivity contribution < 1.29 is 23.1 Å². The standard InChI is InChI=1S/C26H23F3N4O2/c1-17(19-7-9-21(23(28)11-19)18-5-3-2-4-6-18)25(34)31-13-26(35,14-33-16-30-15-32-33)22-10-8-20(27)12-24(22)29/h2-12,15-17,35H,13-14H2,1H3,(H,31,34)/t17-,26+/m0/s1. The molecule has 2 N–H and O–H groups in total. The van der Waals surface area contributed by atoms with Crippen molar-refractivity contribution in [2.24, 2.45) is 0 Å². The molecule has 0 aliphatic heterocycles. The van der Waals surface area contributed by atoms with Crippen molar-refractivity contribution in [1.82, 2.24) is 20.1 Å². The Balaban J connectivity index is 1.53. The summed E-state index contributed by atoms with van der Waals surface area (Å²) in [4.78, 5) is 16.7. The Hall–Kier alpha value is -3.98. The third kappa shape index (κ3) is 5.41. The number of amides is 1. The van der Waals surface area contributed by atoms with Gasteiger partial charge in [0.25, 0.3) is 0 Å². The smallest absolute Gasteiger partial charge is 0.227 e. The predicted molar refractivity (Wildman–Crippen MR) is 124 cm³/mol. The van der Waals surface area contributed by atoms with Crippen molar-refractivity contribution in [3.63, 3.8) is 0 Å². The fraction of sp³-hybridized carbons (Fsp3) is 0.192. The van der Waals surface area contributed by atoms with Crippen molar-refractivity contribution in [2.45, 2.75) is 25.0 Å². The van der Waals surface area contributed by atoms with Crippen molar-refractivity contribution in [1.29, 1.82) is 0 Å². The number of aliphatic hydroxyl groups is 1. The zero-order valence-corrected chi connectivity index (χ0v) is 18.8. The number of aromatic nitrogens is 3. The van der Waals surface area contributed by atoms with Gasteiger partial charge in [-0.15, -0.1) is 0 Å². The maximum absolute atomic E-state index is 14.8. The van der Waals surface area contributed by atoms with Crippen molar-refractivity contribution in [3.05, 3.63) is 108 Å². The number of nitrogens with zero attached hydrogens (tertiary/aromatic N) is 3. The van der Waals surface area contributed by atoms with Crippen LogP contribution < -0.4 is 5.32 Å². The van der Waals surface area contributed by atoms with Crippen LogP contribution in [0.5, 0.6) is 0 Å². The number of benzene rings is 3. The van der Waals surface area contributed by atoms with Gasteiger partial charge in [-0.05, 0) is 30.2 Å². The molecule has 35 heavy (non-hydrogen) atoms. The van der Waals surface area contributed by atoms with E-state index in [4.69, 9.17) is 0 Å². The Kier molecular flexibility index (Phi) is 6.97. The summed E-state index contributed by atoms with van der Waals surface area (Å²) in [6.45, 7) is 0.953. The Morgan fingerprint density at radius 3 is 2.49 bits per heavy atom. The maximum Gasteiger partial charge on any atom is 0.227 e. The number of rotatable bonds is 8. The fourth-order valence-corrected chi connectivity index (χ4v) is 3.88. The Morgan fingerprint density at radius 2 is 1.83 bits per heavy atom. The molecule has 0 aliphatic carbocycles. The van der Waals surface area contributed by atoms with Gasteiger partial charge in [0.2, 0.25) is 5.91 Å². The normalized spacial score (nSPS) is 13.7. The highest BCUT2D eigenvalue weighted by Crippen LogP contribution is 2.28. The molecule has 9 heteroatoms. The number of carbonyl (C=O) groups is 1. The molecule has 0 bridgehead atoms. The molecule has 6 nitrogen and oxygen atoms in total. The lowest BCUT2D eigenvalue weighted by Gasteiger charge is -2.29. The van der Waals surface area contributed by atoms with E-state index in [0.717, 1.165) is 12.1 Å². The minimum Gasteiger partial charge on any atom is -0.381 e. The Labute approximate surface area is 200 Å². The van der Waals surface area contributed by atoms with Crippen LogP contribution >= 0.6 is 0 Å². The molecule has 0 fully saturated rings. The van der Waals surface area contributed by atoms with Crippen molar-refractivity contribution in [2.75, 3.05) is 6.54 Å². The van der Waals surface area contributed by atoms with E-state index in [0.29, 0.717) is 22.8 Å². The predicted octanol–water partition coefficient (Wildman–Crippen LogP) is 4.17. The van der Waals surface area contributed by atoms with Gasteiger partial charge in [0.15, 0.2) is 0 Å². The van der Waals surface area contributed by atoms with Crippen molar-refractivity contribution >= 4 is 5.91 Å². The van der Waals surface area contributed by atoms with E-state index in [9.17, 15) is 23.1 Å². The summed E-state index contributed by atoms with van der Waals surface area (Å²) < 4.78 is 44.0. The average molecular weight is 480 g/mol. The highest BCUT2D eigenvalue weighted by atomic mass is 19.1. The van der Waals surface area contributed by atoms with Crippen LogP contribution in [-0.4, -0.2) is 32.3 Å². The number of hydrogen-bond donors (Lipinski definition) is 2. The van der Waals surface area contributed by atoms with E-state index in [2.05, 4.69) is 15.4 Å². The molecule has 2 atom stereocenters. The van der Waals surface area contributed by atoms with Gasteiger partial charge in [0, 0.05) is 17.2 Å². The largest absolute Gasteiger partial charge is 0.381 e. The van der Waals surface area contributed by atoms with Gasteiger partial charge in [-0.25, -0.2) is 22.8 Å². The molecule has 0 aliphatic rings. The minimum absolute atomic E-state index is 0.208. The molecule has 0 unspecified atom stereocenters. The number of halogens is 3. The Morgan fingerprint density at radius 1 is 1.06 bits per heavy atom. The lowest BCUT2D eigenvalue weighted by molar-refractivity contribution is -0.123. The van der Waals surface area contributed by atoms with Gasteiger partial charge in [0.1, 0.15) is 35.7 Å². The van der Waals surface area contributed by atoms with Gasteiger partial charge in [0.05, 0.1) is 19.0 Å². The van der Waals surface area contributed by atoms with Crippen LogP contribution in [0.15, 0.2) is 79.4 Å². The molecule has 0 saturated heterocycles. The maximum atomic E-state index is 14.8. The molecule has 1 aromatic heterocycles. The van der Waals surface area contributed by atoms with E-state index in [-0.39, 0.29) is 12.1 Å². The van der Waals surface area contributed by atoms with Crippen LogP contribution in [0.3, 0.4) is 0 Å². The summed E-state index contributed by atoms with van der Waals surface area (Å²) in [6, 6.07) is 16.4. The zero-order valence-electron chi connectivity index (χ0n) is 18.8. The molecule has 3 aromatic carbocycles. The molecular weight excluding hydrogens is 457 g/mol. The van der Waals surface area contributed by atoms with E-state index < -0.39 is 41.4 Å². The summed E-state index contributed by atoms with van der Waals surface area (Å²) in [5.74, 6) is -3.50. The fourth-order valence-electron chi connectivity index (χ4n) is 3.88. The second kappa shape index (κ2) is 10.1. The van der Waals surface area contributed by atoms with Gasteiger partial charge in [-0.1, -0.05) is 48.5 Å². The first kappa shape index (κ1) is 24.2. The molecule has 1 amide bonds. The van der Waals surface area contributed by atoms with Crippen LogP contribution in [0.2, 0.25) is 0 Å². The summed E-state index contributed by atoms with van der Waals surface area (Å²) in [5, 5.41) is 17.8. The number of carbonyl (C=O) groups excluding carboxylic acids is 1. The van der Waals surface area contributed by atoms with Gasteiger partial charge in [-0.2, -0.15) is 5.10 Å². The highest BCUT2D eigenvalue weighted by Gasteiger charge is 2.34. The molecule has 0 saturated carbocycles. The lowest BCUT2D eigenvalue weighted by atomic mass is 9.92. The first-order chi connectivity index (χ1) is 16.8. The summed E-state index contributed by atoms with van der Waals surface area (Å²) in [5.41, 5.74) is -0.597. The van der Waals surface area contributed by atoms with Gasteiger partial charge < -0.3 is 10.4 Å². The second-order valence-electron chi connectivity index (χ2n) is 8.29. The second-order valence-corrected chi connectivity index (χ2v) is 8.29. The third-order valence-corrected chi connectivity index (χ3v) is 5.85. The van der Waals surface area contributed by atoms with Gasteiger partial charge in [-0.3, -0.25) is 4.79 Å². The van der Waals surface area contributed by atoms with Crippen molar-refractivity contribution in [3.8, 4) is 11.1 Å². The van der Waals surface area contributed by atoms with E-state index >= 15 is 0 Å². The molecule has 180 valence electrons. The van der Waals surface area contributed by atoms with Crippen LogP contribution in [0.25, 0.3) is 11.1 Å². The molecule has 4 rings (SSSR count). The first-order valence-corrected chi connectivity index (χ1v) is 10.9. The van der Waals surface area contributed by atoms with Crippen LogP contribution in [0.1, 0.15) is 24.0 Å². The van der Waals surface area contributed by atoms with Gasteiger partial charge >= 0.3 is 0 Å². The minimum atomic E-state index is -1.96. The monoisotopic (exact) mass is 480 g/mol. The summed E-state index contributed by atoms with van der Waals surface area (Å²) in [7, 11) is 0. The highest BCUT2D eigenvalue weighted by molar-refractivity contribution is 5.83. The summed E-state index contributed by atoms with van der Waals surface area (Å²) in [6.07, 6.45) is 2.57.